The Hall–Kier alpha value is -1.63. The zero-order valence-corrected chi connectivity index (χ0v) is 11.5. The molecule has 1 aromatic carbocycles. The number of ether oxygens (including phenoxy) is 2. The zero-order chi connectivity index (χ0) is 13.8. The number of hydrogen-bond acceptors (Lipinski definition) is 6. The number of thiazole rings is 1. The molecule has 2 aromatic rings. The molecule has 0 radical (unpaired) electrons. The number of carbonyl (C=O) groups is 1. The largest absolute Gasteiger partial charge is 0.465 e. The van der Waals surface area contributed by atoms with Crippen LogP contribution in [0.2, 0.25) is 5.15 Å². The second-order valence-electron chi connectivity index (χ2n) is 3.50. The van der Waals surface area contributed by atoms with E-state index in [9.17, 15) is 4.79 Å². The lowest BCUT2D eigenvalue weighted by Crippen LogP contribution is -1.98. The van der Waals surface area contributed by atoms with Crippen LogP contribution in [0.15, 0.2) is 24.3 Å². The first-order valence-electron chi connectivity index (χ1n) is 5.26. The van der Waals surface area contributed by atoms with E-state index in [1.54, 1.807) is 24.3 Å². The highest BCUT2D eigenvalue weighted by atomic mass is 35.5. The number of aliphatic hydroxyl groups is 1. The number of carbonyl (C=O) groups excluding carboxylic acids is 1. The van der Waals surface area contributed by atoms with Crippen LogP contribution in [0.1, 0.15) is 15.2 Å². The van der Waals surface area contributed by atoms with Crippen molar-refractivity contribution in [1.82, 2.24) is 4.98 Å². The van der Waals surface area contributed by atoms with E-state index in [0.29, 0.717) is 11.3 Å². The van der Waals surface area contributed by atoms with Crippen LogP contribution in [-0.4, -0.2) is 23.2 Å². The molecule has 0 saturated carbocycles. The number of halogens is 1. The van der Waals surface area contributed by atoms with Crippen molar-refractivity contribution in [3.63, 3.8) is 0 Å². The second kappa shape index (κ2) is 6.01. The lowest BCUT2D eigenvalue weighted by molar-refractivity contribution is 0.0606. The molecule has 0 amide bonds. The molecule has 0 aliphatic carbocycles. The topological polar surface area (TPSA) is 68.7 Å². The van der Waals surface area contributed by atoms with Crippen LogP contribution in [0.4, 0.5) is 0 Å². The summed E-state index contributed by atoms with van der Waals surface area (Å²) in [6.45, 7) is -0.0801. The van der Waals surface area contributed by atoms with E-state index in [-0.39, 0.29) is 21.8 Å². The predicted octanol–water partition coefficient (Wildman–Crippen LogP) is 2.87. The number of aliphatic hydroxyl groups excluding tert-OH is 1. The van der Waals surface area contributed by atoms with E-state index in [1.165, 1.54) is 7.11 Å². The standard InChI is InChI=1S/C12H10ClNO4S/c1-17-11(16)9-10(13)14-12(19-9)18-8-4-2-3-7(5-8)6-15/h2-5,15H,6H2,1H3. The van der Waals surface area contributed by atoms with Gasteiger partial charge in [-0.1, -0.05) is 35.1 Å². The maximum Gasteiger partial charge on any atom is 0.351 e. The Balaban J connectivity index is 2.21. The van der Waals surface area contributed by atoms with Crippen molar-refractivity contribution in [1.29, 1.82) is 0 Å². The quantitative estimate of drug-likeness (QED) is 0.879. The summed E-state index contributed by atoms with van der Waals surface area (Å²) in [6, 6.07) is 6.90. The Morgan fingerprint density at radius 3 is 3.00 bits per heavy atom. The van der Waals surface area contributed by atoms with Crippen LogP contribution in [0, 0.1) is 0 Å². The van der Waals surface area contributed by atoms with Gasteiger partial charge < -0.3 is 14.6 Å². The van der Waals surface area contributed by atoms with Crippen molar-refractivity contribution in [2.45, 2.75) is 6.61 Å². The smallest absolute Gasteiger partial charge is 0.351 e. The summed E-state index contributed by atoms with van der Waals surface area (Å²) in [6.07, 6.45) is 0. The van der Waals surface area contributed by atoms with Crippen molar-refractivity contribution in [3.05, 3.63) is 39.9 Å². The Kier molecular flexibility index (Phi) is 4.36. The van der Waals surface area contributed by atoms with Gasteiger partial charge in [0, 0.05) is 0 Å². The van der Waals surface area contributed by atoms with Crippen LogP contribution >= 0.6 is 22.9 Å². The first kappa shape index (κ1) is 13.8. The van der Waals surface area contributed by atoms with Crippen molar-refractivity contribution >= 4 is 28.9 Å². The number of hydrogen-bond donors (Lipinski definition) is 1. The minimum absolute atomic E-state index is 0.0464. The molecule has 1 N–H and O–H groups in total. The molecule has 19 heavy (non-hydrogen) atoms. The molecule has 0 fully saturated rings. The molecular weight excluding hydrogens is 290 g/mol. The van der Waals surface area contributed by atoms with E-state index in [0.717, 1.165) is 11.3 Å². The van der Waals surface area contributed by atoms with Crippen LogP contribution in [-0.2, 0) is 11.3 Å². The third-order valence-electron chi connectivity index (χ3n) is 2.22. The van der Waals surface area contributed by atoms with Gasteiger partial charge in [-0.25, -0.2) is 4.79 Å². The summed E-state index contributed by atoms with van der Waals surface area (Å²) in [7, 11) is 1.27. The van der Waals surface area contributed by atoms with Crippen molar-refractivity contribution in [2.75, 3.05) is 7.11 Å². The van der Waals surface area contributed by atoms with Gasteiger partial charge in [0.15, 0.2) is 10.0 Å². The summed E-state index contributed by atoms with van der Waals surface area (Å²) >= 11 is 6.82. The summed E-state index contributed by atoms with van der Waals surface area (Å²) < 4.78 is 10.1. The molecule has 1 aromatic heterocycles. The lowest BCUT2D eigenvalue weighted by Gasteiger charge is -2.02. The van der Waals surface area contributed by atoms with Gasteiger partial charge in [0.1, 0.15) is 5.75 Å². The summed E-state index contributed by atoms with van der Waals surface area (Å²) in [5.41, 5.74) is 0.716. The maximum absolute atomic E-state index is 11.4. The molecule has 5 nitrogen and oxygen atoms in total. The van der Waals surface area contributed by atoms with Gasteiger partial charge >= 0.3 is 5.97 Å². The maximum atomic E-state index is 11.4. The van der Waals surface area contributed by atoms with Gasteiger partial charge in [0.05, 0.1) is 13.7 Å². The predicted molar refractivity (Wildman–Crippen MR) is 70.9 cm³/mol. The van der Waals surface area contributed by atoms with Crippen LogP contribution in [0.5, 0.6) is 10.9 Å². The monoisotopic (exact) mass is 299 g/mol. The first-order chi connectivity index (χ1) is 9.13. The summed E-state index contributed by atoms with van der Waals surface area (Å²) in [5.74, 6) is -0.0464. The molecule has 100 valence electrons. The minimum Gasteiger partial charge on any atom is -0.465 e. The van der Waals surface area contributed by atoms with Gasteiger partial charge in [0.2, 0.25) is 0 Å². The molecule has 0 atom stereocenters. The van der Waals surface area contributed by atoms with E-state index in [2.05, 4.69) is 9.72 Å². The fraction of sp³-hybridized carbons (Fsp3) is 0.167. The number of methoxy groups -OCH3 is 1. The van der Waals surface area contributed by atoms with Gasteiger partial charge in [-0.05, 0) is 17.7 Å². The van der Waals surface area contributed by atoms with E-state index in [4.69, 9.17) is 21.4 Å². The van der Waals surface area contributed by atoms with Crippen LogP contribution in [0.3, 0.4) is 0 Å². The van der Waals surface area contributed by atoms with Crippen molar-refractivity contribution < 1.29 is 19.4 Å². The fourth-order valence-electron chi connectivity index (χ4n) is 1.35. The molecule has 0 bridgehead atoms. The molecule has 0 unspecified atom stereocenters. The number of nitrogens with zero attached hydrogens (tertiary/aromatic N) is 1. The Morgan fingerprint density at radius 1 is 1.53 bits per heavy atom. The first-order valence-corrected chi connectivity index (χ1v) is 6.45. The third kappa shape index (κ3) is 3.23. The Bertz CT molecular complexity index is 599. The molecular formula is C12H10ClNO4S. The SMILES string of the molecule is COC(=O)c1sc(Oc2cccc(CO)c2)nc1Cl. The van der Waals surface area contributed by atoms with Gasteiger partial charge in [-0.15, -0.1) is 0 Å². The molecule has 0 aliphatic rings. The van der Waals surface area contributed by atoms with Crippen molar-refractivity contribution in [3.8, 4) is 10.9 Å². The molecule has 0 spiro atoms. The fourth-order valence-corrected chi connectivity index (χ4v) is 2.42. The summed E-state index contributed by atoms with van der Waals surface area (Å²) in [4.78, 5) is 15.5. The normalized spacial score (nSPS) is 10.3. The Labute approximate surface area is 118 Å². The molecule has 0 saturated heterocycles. The van der Waals surface area contributed by atoms with Gasteiger partial charge in [-0.3, -0.25) is 0 Å². The highest BCUT2D eigenvalue weighted by Crippen LogP contribution is 2.32. The zero-order valence-electron chi connectivity index (χ0n) is 9.92. The average Bonchev–Trinajstić information content (AvgIpc) is 2.79. The minimum atomic E-state index is -0.554. The summed E-state index contributed by atoms with van der Waals surface area (Å²) in [5, 5.41) is 9.31. The molecule has 2 rings (SSSR count). The Morgan fingerprint density at radius 2 is 2.32 bits per heavy atom. The van der Waals surface area contributed by atoms with Crippen molar-refractivity contribution in [2.24, 2.45) is 0 Å². The molecule has 1 heterocycles. The number of aromatic nitrogens is 1. The highest BCUT2D eigenvalue weighted by molar-refractivity contribution is 7.15. The van der Waals surface area contributed by atoms with E-state index >= 15 is 0 Å². The molecule has 0 aliphatic heterocycles. The van der Waals surface area contributed by atoms with Crippen LogP contribution in [0.25, 0.3) is 0 Å². The lowest BCUT2D eigenvalue weighted by atomic mass is 10.2. The number of rotatable bonds is 4. The second-order valence-corrected chi connectivity index (χ2v) is 4.82. The number of benzene rings is 1. The van der Waals surface area contributed by atoms with Gasteiger partial charge in [-0.2, -0.15) is 4.98 Å². The number of esters is 1. The highest BCUT2D eigenvalue weighted by Gasteiger charge is 2.18. The van der Waals surface area contributed by atoms with E-state index in [1.807, 2.05) is 0 Å². The molecule has 7 heteroatoms. The van der Waals surface area contributed by atoms with Crippen LogP contribution < -0.4 is 4.74 Å². The third-order valence-corrected chi connectivity index (χ3v) is 3.52. The van der Waals surface area contributed by atoms with Gasteiger partial charge in [0.25, 0.3) is 5.19 Å². The van der Waals surface area contributed by atoms with E-state index < -0.39 is 5.97 Å². The average molecular weight is 300 g/mol.